The average molecular weight is 336 g/mol. The zero-order valence-electron chi connectivity index (χ0n) is 13.0. The third kappa shape index (κ3) is 4.84. The molecule has 0 amide bonds. The summed E-state index contributed by atoms with van der Waals surface area (Å²) in [6.45, 7) is 4.92. The minimum Gasteiger partial charge on any atom is -0.481 e. The Labute approximate surface area is 140 Å². The second kappa shape index (κ2) is 8.36. The smallest absolute Gasteiger partial charge is 0.328 e. The van der Waals surface area contributed by atoms with Gasteiger partial charge in [0.15, 0.2) is 0 Å². The summed E-state index contributed by atoms with van der Waals surface area (Å²) < 4.78 is 16.0. The van der Waals surface area contributed by atoms with Crippen LogP contribution < -0.4 is 19.5 Å². The first-order chi connectivity index (χ1) is 11.2. The van der Waals surface area contributed by atoms with E-state index < -0.39 is 0 Å². The molecule has 0 aliphatic carbocycles. The van der Waals surface area contributed by atoms with E-state index in [1.807, 2.05) is 6.07 Å². The second-order valence-corrected chi connectivity index (χ2v) is 4.95. The number of aromatic nitrogens is 2. The molecular formula is C16H18ClN3O3. The van der Waals surface area contributed by atoms with Gasteiger partial charge < -0.3 is 19.5 Å². The van der Waals surface area contributed by atoms with Crippen LogP contribution in [0.15, 0.2) is 36.9 Å². The zero-order valence-corrected chi connectivity index (χ0v) is 13.8. The molecule has 0 aliphatic heterocycles. The molecule has 1 N–H and O–H groups in total. The van der Waals surface area contributed by atoms with Crippen LogP contribution in [0, 0.1) is 0 Å². The van der Waals surface area contributed by atoms with Crippen molar-refractivity contribution in [1.29, 1.82) is 0 Å². The van der Waals surface area contributed by atoms with Gasteiger partial charge >= 0.3 is 6.01 Å². The van der Waals surface area contributed by atoms with Gasteiger partial charge in [0.1, 0.15) is 5.75 Å². The van der Waals surface area contributed by atoms with Gasteiger partial charge in [0.25, 0.3) is 0 Å². The summed E-state index contributed by atoms with van der Waals surface area (Å²) in [7, 11) is 3.02. The summed E-state index contributed by atoms with van der Waals surface area (Å²) >= 11 is 6.05. The predicted octanol–water partition coefficient (Wildman–Crippen LogP) is 3.22. The van der Waals surface area contributed by atoms with Crippen LogP contribution in [0.25, 0.3) is 0 Å². The van der Waals surface area contributed by atoms with Crippen LogP contribution in [0.3, 0.4) is 0 Å². The SMILES string of the molecule is C=CCNCc1cc(Cl)ccc1Oc1nc(OC)cc(OC)n1. The molecule has 2 aromatic rings. The van der Waals surface area contributed by atoms with Gasteiger partial charge in [-0.1, -0.05) is 17.7 Å². The fourth-order valence-corrected chi connectivity index (χ4v) is 2.03. The molecule has 6 nitrogen and oxygen atoms in total. The van der Waals surface area contributed by atoms with Crippen LogP contribution in [0.2, 0.25) is 5.02 Å². The van der Waals surface area contributed by atoms with Crippen molar-refractivity contribution in [3.05, 3.63) is 47.5 Å². The van der Waals surface area contributed by atoms with E-state index in [1.54, 1.807) is 24.3 Å². The fourth-order valence-electron chi connectivity index (χ4n) is 1.83. The Morgan fingerprint density at radius 1 is 1.17 bits per heavy atom. The van der Waals surface area contributed by atoms with Crippen molar-refractivity contribution >= 4 is 11.6 Å². The van der Waals surface area contributed by atoms with E-state index in [4.69, 9.17) is 25.8 Å². The molecule has 0 aliphatic rings. The third-order valence-corrected chi connectivity index (χ3v) is 3.14. The monoisotopic (exact) mass is 335 g/mol. The van der Waals surface area contributed by atoms with Crippen LogP contribution in [0.4, 0.5) is 0 Å². The van der Waals surface area contributed by atoms with E-state index in [0.29, 0.717) is 35.6 Å². The van der Waals surface area contributed by atoms with Gasteiger partial charge in [-0.15, -0.1) is 6.58 Å². The van der Waals surface area contributed by atoms with Crippen LogP contribution in [-0.4, -0.2) is 30.7 Å². The highest BCUT2D eigenvalue weighted by molar-refractivity contribution is 6.30. The van der Waals surface area contributed by atoms with E-state index in [-0.39, 0.29) is 6.01 Å². The highest BCUT2D eigenvalue weighted by Crippen LogP contribution is 2.28. The molecule has 0 unspecified atom stereocenters. The van der Waals surface area contributed by atoms with Gasteiger partial charge in [0.05, 0.1) is 20.3 Å². The molecule has 1 heterocycles. The second-order valence-electron chi connectivity index (χ2n) is 4.51. The molecule has 0 spiro atoms. The molecule has 0 fully saturated rings. The lowest BCUT2D eigenvalue weighted by molar-refractivity contribution is 0.347. The topological polar surface area (TPSA) is 65.5 Å². The van der Waals surface area contributed by atoms with Crippen molar-refractivity contribution in [3.63, 3.8) is 0 Å². The largest absolute Gasteiger partial charge is 0.481 e. The molecule has 0 saturated heterocycles. The van der Waals surface area contributed by atoms with Gasteiger partial charge in [0, 0.05) is 23.7 Å². The van der Waals surface area contributed by atoms with Crippen molar-refractivity contribution in [3.8, 4) is 23.5 Å². The van der Waals surface area contributed by atoms with E-state index in [0.717, 1.165) is 5.56 Å². The summed E-state index contributed by atoms with van der Waals surface area (Å²) in [5.74, 6) is 1.31. The third-order valence-electron chi connectivity index (χ3n) is 2.90. The lowest BCUT2D eigenvalue weighted by Gasteiger charge is -2.12. The fraction of sp³-hybridized carbons (Fsp3) is 0.250. The molecule has 1 aromatic carbocycles. The molecule has 1 aromatic heterocycles. The number of rotatable bonds is 8. The minimum absolute atomic E-state index is 0.133. The predicted molar refractivity (Wildman–Crippen MR) is 88.6 cm³/mol. The van der Waals surface area contributed by atoms with Crippen molar-refractivity contribution in [2.24, 2.45) is 0 Å². The zero-order chi connectivity index (χ0) is 16.7. The molecule has 0 radical (unpaired) electrons. The maximum absolute atomic E-state index is 6.05. The van der Waals surface area contributed by atoms with Crippen LogP contribution >= 0.6 is 11.6 Å². The molecule has 2 rings (SSSR count). The molecule has 7 heteroatoms. The van der Waals surface area contributed by atoms with Crippen LogP contribution in [0.5, 0.6) is 23.5 Å². The first-order valence-corrected chi connectivity index (χ1v) is 7.29. The molecule has 122 valence electrons. The number of nitrogens with one attached hydrogen (secondary N) is 1. The summed E-state index contributed by atoms with van der Waals surface area (Å²) in [6, 6.07) is 7.04. The van der Waals surface area contributed by atoms with Crippen LogP contribution in [-0.2, 0) is 6.54 Å². The number of nitrogens with zero attached hydrogens (tertiary/aromatic N) is 2. The van der Waals surface area contributed by atoms with Crippen LogP contribution in [0.1, 0.15) is 5.56 Å². The molecule has 0 atom stereocenters. The summed E-state index contributed by atoms with van der Waals surface area (Å²) in [4.78, 5) is 8.30. The Hall–Kier alpha value is -2.31. The van der Waals surface area contributed by atoms with Gasteiger partial charge in [-0.2, -0.15) is 9.97 Å². The van der Waals surface area contributed by atoms with Gasteiger partial charge in [0.2, 0.25) is 11.8 Å². The standard InChI is InChI=1S/C16H18ClN3O3/c1-4-7-18-10-11-8-12(17)5-6-13(11)23-16-19-14(21-2)9-15(20-16)22-3/h4-6,8-9,18H,1,7,10H2,2-3H3. The lowest BCUT2D eigenvalue weighted by atomic mass is 10.2. The molecular weight excluding hydrogens is 318 g/mol. The van der Waals surface area contributed by atoms with E-state index in [2.05, 4.69) is 21.9 Å². The maximum Gasteiger partial charge on any atom is 0.328 e. The Balaban J connectivity index is 2.26. The first-order valence-electron chi connectivity index (χ1n) is 6.91. The van der Waals surface area contributed by atoms with E-state index in [9.17, 15) is 0 Å². The Morgan fingerprint density at radius 3 is 2.48 bits per heavy atom. The van der Waals surface area contributed by atoms with Gasteiger partial charge in [-0.25, -0.2) is 0 Å². The number of hydrogen-bond donors (Lipinski definition) is 1. The van der Waals surface area contributed by atoms with Gasteiger partial charge in [-0.3, -0.25) is 0 Å². The lowest BCUT2D eigenvalue weighted by Crippen LogP contribution is -2.13. The summed E-state index contributed by atoms with van der Waals surface area (Å²) in [5, 5.41) is 3.83. The normalized spacial score (nSPS) is 10.2. The Bertz CT molecular complexity index is 657. The maximum atomic E-state index is 6.05. The number of benzene rings is 1. The molecule has 23 heavy (non-hydrogen) atoms. The summed E-state index contributed by atoms with van der Waals surface area (Å²) in [6.07, 6.45) is 1.78. The van der Waals surface area contributed by atoms with Crippen molar-refractivity contribution in [2.75, 3.05) is 20.8 Å². The van der Waals surface area contributed by atoms with E-state index in [1.165, 1.54) is 14.2 Å². The Morgan fingerprint density at radius 2 is 1.87 bits per heavy atom. The number of ether oxygens (including phenoxy) is 3. The van der Waals surface area contributed by atoms with Crippen molar-refractivity contribution in [2.45, 2.75) is 6.54 Å². The quantitative estimate of drug-likeness (QED) is 0.590. The Kier molecular flexibility index (Phi) is 6.19. The molecule has 0 bridgehead atoms. The van der Waals surface area contributed by atoms with Gasteiger partial charge in [-0.05, 0) is 18.2 Å². The first kappa shape index (κ1) is 17.1. The molecule has 0 saturated carbocycles. The van der Waals surface area contributed by atoms with Crippen molar-refractivity contribution in [1.82, 2.24) is 15.3 Å². The van der Waals surface area contributed by atoms with E-state index >= 15 is 0 Å². The number of hydrogen-bond acceptors (Lipinski definition) is 6. The average Bonchev–Trinajstić information content (AvgIpc) is 2.57. The minimum atomic E-state index is 0.133. The highest BCUT2D eigenvalue weighted by atomic mass is 35.5. The number of methoxy groups -OCH3 is 2. The highest BCUT2D eigenvalue weighted by Gasteiger charge is 2.11. The number of halogens is 1. The summed E-state index contributed by atoms with van der Waals surface area (Å²) in [5.41, 5.74) is 0.879. The van der Waals surface area contributed by atoms with Crippen molar-refractivity contribution < 1.29 is 14.2 Å².